The summed E-state index contributed by atoms with van der Waals surface area (Å²) < 4.78 is 40.1. The Morgan fingerprint density at radius 2 is 2.11 bits per heavy atom. The van der Waals surface area contributed by atoms with Gasteiger partial charge in [0.2, 0.25) is 0 Å². The van der Waals surface area contributed by atoms with Gasteiger partial charge in [0, 0.05) is 4.47 Å². The highest BCUT2D eigenvalue weighted by molar-refractivity contribution is 9.10. The Morgan fingerprint density at radius 1 is 1.37 bits per heavy atom. The molecule has 8 heteroatoms. The zero-order chi connectivity index (χ0) is 14.0. The van der Waals surface area contributed by atoms with Crippen LogP contribution in [0.2, 0.25) is 0 Å². The van der Waals surface area contributed by atoms with E-state index in [2.05, 4.69) is 20.7 Å². The highest BCUT2D eigenvalue weighted by atomic mass is 79.9. The van der Waals surface area contributed by atoms with Gasteiger partial charge in [-0.2, -0.15) is 5.26 Å². The van der Waals surface area contributed by atoms with Gasteiger partial charge in [-0.1, -0.05) is 0 Å². The van der Waals surface area contributed by atoms with Crippen molar-refractivity contribution in [3.8, 4) is 6.07 Å². The van der Waals surface area contributed by atoms with E-state index in [9.17, 15) is 12.8 Å². The number of benzene rings is 1. The molecule has 0 bridgehead atoms. The van der Waals surface area contributed by atoms with Crippen LogP contribution in [0.15, 0.2) is 38.3 Å². The molecule has 1 aromatic carbocycles. The number of halogens is 2. The lowest BCUT2D eigenvalue weighted by Gasteiger charge is -2.07. The molecule has 0 saturated heterocycles. The van der Waals surface area contributed by atoms with Crippen LogP contribution < -0.4 is 4.72 Å². The third-order valence-corrected chi connectivity index (χ3v) is 6.22. The molecule has 1 heterocycles. The summed E-state index contributed by atoms with van der Waals surface area (Å²) in [6, 6.07) is 6.71. The summed E-state index contributed by atoms with van der Waals surface area (Å²) in [6.07, 6.45) is 0. The van der Waals surface area contributed by atoms with Gasteiger partial charge >= 0.3 is 0 Å². The first kappa shape index (κ1) is 14.0. The van der Waals surface area contributed by atoms with Gasteiger partial charge in [-0.05, 0) is 45.6 Å². The van der Waals surface area contributed by atoms with Crippen LogP contribution in [0.4, 0.5) is 10.1 Å². The summed E-state index contributed by atoms with van der Waals surface area (Å²) in [5.74, 6) is -0.692. The molecule has 0 saturated carbocycles. The first-order valence-corrected chi connectivity index (χ1v) is 8.05. The number of nitriles is 1. The number of nitrogens with zero attached hydrogens (tertiary/aromatic N) is 1. The summed E-state index contributed by atoms with van der Waals surface area (Å²) >= 11 is 4.19. The van der Waals surface area contributed by atoms with E-state index in [1.54, 1.807) is 17.5 Å². The molecule has 0 aliphatic rings. The predicted molar refractivity (Wildman–Crippen MR) is 73.9 cm³/mol. The Balaban J connectivity index is 2.37. The highest BCUT2D eigenvalue weighted by Crippen LogP contribution is 2.29. The molecule has 0 aliphatic heterocycles. The topological polar surface area (TPSA) is 70.0 Å². The van der Waals surface area contributed by atoms with Gasteiger partial charge in [-0.25, -0.2) is 12.8 Å². The predicted octanol–water partition coefficient (Wildman–Crippen LogP) is 3.32. The Labute approximate surface area is 121 Å². The third kappa shape index (κ3) is 2.94. The normalized spacial score (nSPS) is 11.0. The molecule has 0 spiro atoms. The molecule has 0 aliphatic carbocycles. The van der Waals surface area contributed by atoms with Crippen molar-refractivity contribution in [3.05, 3.63) is 45.5 Å². The number of sulfonamides is 1. The molecular formula is C11H6BrFN2O2S2. The van der Waals surface area contributed by atoms with Crippen molar-refractivity contribution in [1.82, 2.24) is 0 Å². The largest absolute Gasteiger partial charge is 0.279 e. The standard InChI is InChI=1S/C11H6BrFN2O2S2/c12-9-3-4-18-11(9)19(16,17)15-8-1-2-10(13)7(5-8)6-14/h1-5,15H. The Hall–Kier alpha value is -1.43. The van der Waals surface area contributed by atoms with Crippen LogP contribution in [0.1, 0.15) is 5.56 Å². The minimum Gasteiger partial charge on any atom is -0.279 e. The zero-order valence-electron chi connectivity index (χ0n) is 9.22. The van der Waals surface area contributed by atoms with Crippen molar-refractivity contribution in [2.24, 2.45) is 0 Å². The molecule has 19 heavy (non-hydrogen) atoms. The maximum absolute atomic E-state index is 13.1. The summed E-state index contributed by atoms with van der Waals surface area (Å²) in [4.78, 5) is 0. The van der Waals surface area contributed by atoms with Crippen molar-refractivity contribution >= 4 is 43.0 Å². The lowest BCUT2D eigenvalue weighted by atomic mass is 10.2. The second kappa shape index (κ2) is 5.28. The fourth-order valence-electron chi connectivity index (χ4n) is 1.35. The van der Waals surface area contributed by atoms with Crippen LogP contribution in [0.5, 0.6) is 0 Å². The van der Waals surface area contributed by atoms with E-state index >= 15 is 0 Å². The summed E-state index contributed by atoms with van der Waals surface area (Å²) in [5.41, 5.74) is -0.0799. The van der Waals surface area contributed by atoms with Crippen molar-refractivity contribution in [2.45, 2.75) is 4.21 Å². The number of rotatable bonds is 3. The minimum atomic E-state index is -3.75. The highest BCUT2D eigenvalue weighted by Gasteiger charge is 2.19. The summed E-state index contributed by atoms with van der Waals surface area (Å²) in [6.45, 7) is 0. The SMILES string of the molecule is N#Cc1cc(NS(=O)(=O)c2sccc2Br)ccc1F. The van der Waals surface area contributed by atoms with Crippen molar-refractivity contribution < 1.29 is 12.8 Å². The van der Waals surface area contributed by atoms with Crippen LogP contribution in [-0.2, 0) is 10.0 Å². The van der Waals surface area contributed by atoms with E-state index in [1.165, 1.54) is 6.07 Å². The fraction of sp³-hybridized carbons (Fsp3) is 0. The Kier molecular flexibility index (Phi) is 3.89. The number of hydrogen-bond acceptors (Lipinski definition) is 4. The van der Waals surface area contributed by atoms with Gasteiger partial charge in [-0.15, -0.1) is 11.3 Å². The number of nitrogens with one attached hydrogen (secondary N) is 1. The smallest absolute Gasteiger partial charge is 0.272 e. The molecule has 1 aromatic heterocycles. The molecule has 1 N–H and O–H groups in total. The van der Waals surface area contributed by atoms with Gasteiger partial charge in [-0.3, -0.25) is 4.72 Å². The second-order valence-electron chi connectivity index (χ2n) is 3.47. The third-order valence-electron chi connectivity index (χ3n) is 2.17. The quantitative estimate of drug-likeness (QED) is 0.912. The lowest BCUT2D eigenvalue weighted by Crippen LogP contribution is -2.12. The monoisotopic (exact) mass is 360 g/mol. The van der Waals surface area contributed by atoms with Crippen LogP contribution >= 0.6 is 27.3 Å². The van der Waals surface area contributed by atoms with Crippen molar-refractivity contribution in [3.63, 3.8) is 0 Å². The molecule has 0 radical (unpaired) electrons. The average molecular weight is 361 g/mol. The van der Waals surface area contributed by atoms with Crippen molar-refractivity contribution in [2.75, 3.05) is 4.72 Å². The van der Waals surface area contributed by atoms with Crippen LogP contribution in [0.25, 0.3) is 0 Å². The molecule has 0 unspecified atom stereocenters. The zero-order valence-corrected chi connectivity index (χ0v) is 12.4. The number of thiophene rings is 1. The fourth-order valence-corrected chi connectivity index (χ4v) is 4.74. The molecule has 2 aromatic rings. The van der Waals surface area contributed by atoms with Gasteiger partial charge in [0.25, 0.3) is 10.0 Å². The molecule has 4 nitrogen and oxygen atoms in total. The van der Waals surface area contributed by atoms with E-state index in [1.807, 2.05) is 0 Å². The molecule has 0 amide bonds. The second-order valence-corrected chi connectivity index (χ2v) is 7.12. The van der Waals surface area contributed by atoms with E-state index in [0.717, 1.165) is 23.5 Å². The van der Waals surface area contributed by atoms with Crippen molar-refractivity contribution in [1.29, 1.82) is 5.26 Å². The maximum atomic E-state index is 13.1. The minimum absolute atomic E-state index is 0.121. The Bertz CT molecular complexity index is 765. The summed E-state index contributed by atoms with van der Waals surface area (Å²) in [7, 11) is -3.75. The van der Waals surface area contributed by atoms with E-state index in [0.29, 0.717) is 4.47 Å². The molecule has 2 rings (SSSR count). The number of anilines is 1. The van der Waals surface area contributed by atoms with Gasteiger partial charge in [0.05, 0.1) is 11.3 Å². The van der Waals surface area contributed by atoms with Gasteiger partial charge in [0.1, 0.15) is 11.9 Å². The van der Waals surface area contributed by atoms with Gasteiger partial charge < -0.3 is 0 Å². The average Bonchev–Trinajstić information content (AvgIpc) is 2.78. The van der Waals surface area contributed by atoms with E-state index in [4.69, 9.17) is 5.26 Å². The number of hydrogen-bond donors (Lipinski definition) is 1. The molecule has 0 atom stereocenters. The molecule has 98 valence electrons. The lowest BCUT2D eigenvalue weighted by molar-refractivity contribution is 0.602. The maximum Gasteiger partial charge on any atom is 0.272 e. The molecule has 0 fully saturated rings. The van der Waals surface area contributed by atoms with Gasteiger partial charge in [0.15, 0.2) is 4.21 Å². The first-order chi connectivity index (χ1) is 8.94. The first-order valence-electron chi connectivity index (χ1n) is 4.89. The van der Waals surface area contributed by atoms with Crippen LogP contribution in [0, 0.1) is 17.1 Å². The van der Waals surface area contributed by atoms with E-state index in [-0.39, 0.29) is 15.5 Å². The Morgan fingerprint density at radius 3 is 2.68 bits per heavy atom. The summed E-state index contributed by atoms with van der Waals surface area (Å²) in [5, 5.41) is 10.3. The molecular weight excluding hydrogens is 355 g/mol. The van der Waals surface area contributed by atoms with Crippen LogP contribution in [0.3, 0.4) is 0 Å². The van der Waals surface area contributed by atoms with E-state index < -0.39 is 15.8 Å². The van der Waals surface area contributed by atoms with Crippen LogP contribution in [-0.4, -0.2) is 8.42 Å².